The summed E-state index contributed by atoms with van der Waals surface area (Å²) in [5, 5.41) is 0. The van der Waals surface area contributed by atoms with Crippen LogP contribution in [0.1, 0.15) is 26.2 Å². The molecule has 0 spiro atoms. The summed E-state index contributed by atoms with van der Waals surface area (Å²) in [6.07, 6.45) is 5.16. The molecule has 0 N–H and O–H groups in total. The van der Waals surface area contributed by atoms with E-state index in [1.807, 2.05) is 0 Å². The van der Waals surface area contributed by atoms with Crippen LogP contribution in [0.5, 0.6) is 0 Å². The van der Waals surface area contributed by atoms with Crippen LogP contribution < -0.4 is 0 Å². The Labute approximate surface area is 61.2 Å². The van der Waals surface area contributed by atoms with E-state index < -0.39 is 0 Å². The summed E-state index contributed by atoms with van der Waals surface area (Å²) in [6, 6.07) is 0. The fourth-order valence-corrected chi connectivity index (χ4v) is 1.71. The van der Waals surface area contributed by atoms with Crippen LogP contribution in [0.2, 0.25) is 0 Å². The van der Waals surface area contributed by atoms with E-state index in [1.165, 1.54) is 37.7 Å². The van der Waals surface area contributed by atoms with Gasteiger partial charge < -0.3 is 4.79 Å². The van der Waals surface area contributed by atoms with Gasteiger partial charge in [-0.2, -0.15) is 11.8 Å². The fraction of sp³-hybridized carbons (Fsp3) is 0.857. The van der Waals surface area contributed by atoms with Crippen LogP contribution in [-0.2, 0) is 4.79 Å². The van der Waals surface area contributed by atoms with Crippen LogP contribution in [0.4, 0.5) is 0 Å². The summed E-state index contributed by atoms with van der Waals surface area (Å²) in [4.78, 5) is 8.81. The lowest BCUT2D eigenvalue weighted by molar-refractivity contribution is -0.106. The lowest BCUT2D eigenvalue weighted by Crippen LogP contribution is -1.91. The maximum Gasteiger partial charge on any atom is 0.116 e. The van der Waals surface area contributed by atoms with Crippen molar-refractivity contribution in [1.82, 2.24) is 0 Å². The second kappa shape index (κ2) is 8.02. The lowest BCUT2D eigenvalue weighted by atomic mass is 10.3. The standard InChI is InChI=1S/C5H10S.C2H4O/c1-2-4-6-5-3-1;1-2-3/h1-5H2;2H,1H3. The van der Waals surface area contributed by atoms with E-state index in [9.17, 15) is 0 Å². The molecule has 54 valence electrons. The van der Waals surface area contributed by atoms with Gasteiger partial charge in [0.05, 0.1) is 0 Å². The Balaban J connectivity index is 0.000000187. The molecule has 9 heavy (non-hydrogen) atoms. The second-order valence-corrected chi connectivity index (χ2v) is 3.13. The summed E-state index contributed by atoms with van der Waals surface area (Å²) >= 11 is 2.09. The van der Waals surface area contributed by atoms with E-state index in [0.29, 0.717) is 0 Å². The molecule has 1 nitrogen and oxygen atoms in total. The highest BCUT2D eigenvalue weighted by molar-refractivity contribution is 7.99. The van der Waals surface area contributed by atoms with Gasteiger partial charge in [-0.15, -0.1) is 0 Å². The zero-order valence-electron chi connectivity index (χ0n) is 5.93. The van der Waals surface area contributed by atoms with Crippen LogP contribution in [0.25, 0.3) is 0 Å². The molecule has 0 aromatic carbocycles. The van der Waals surface area contributed by atoms with Gasteiger partial charge in [-0.05, 0) is 31.3 Å². The quantitative estimate of drug-likeness (QED) is 0.487. The molecule has 0 aliphatic carbocycles. The summed E-state index contributed by atoms with van der Waals surface area (Å²) < 4.78 is 0. The van der Waals surface area contributed by atoms with Gasteiger partial charge in [-0.3, -0.25) is 0 Å². The molecule has 1 aliphatic rings. The first-order valence-corrected chi connectivity index (χ1v) is 4.55. The molecule has 1 rings (SSSR count). The number of carbonyl (C=O) groups excluding carboxylic acids is 1. The third-order valence-electron chi connectivity index (χ3n) is 1.08. The van der Waals surface area contributed by atoms with E-state index in [1.54, 1.807) is 0 Å². The Morgan fingerprint density at radius 3 is 1.78 bits per heavy atom. The van der Waals surface area contributed by atoms with Crippen molar-refractivity contribution in [2.45, 2.75) is 26.2 Å². The monoisotopic (exact) mass is 146 g/mol. The van der Waals surface area contributed by atoms with Crippen molar-refractivity contribution in [2.75, 3.05) is 11.5 Å². The molecule has 1 saturated heterocycles. The third kappa shape index (κ3) is 8.02. The molecule has 1 aliphatic heterocycles. The minimum Gasteiger partial charge on any atom is -0.304 e. The Morgan fingerprint density at radius 1 is 1.22 bits per heavy atom. The largest absolute Gasteiger partial charge is 0.304 e. The molecule has 1 heterocycles. The lowest BCUT2D eigenvalue weighted by Gasteiger charge is -2.05. The molecule has 2 heteroatoms. The summed E-state index contributed by atoms with van der Waals surface area (Å²) in [7, 11) is 0. The van der Waals surface area contributed by atoms with Crippen molar-refractivity contribution in [2.24, 2.45) is 0 Å². The first-order chi connectivity index (χ1) is 4.41. The van der Waals surface area contributed by atoms with Crippen LogP contribution >= 0.6 is 11.8 Å². The Morgan fingerprint density at radius 2 is 1.67 bits per heavy atom. The highest BCUT2D eigenvalue weighted by Crippen LogP contribution is 2.14. The molecule has 1 fully saturated rings. The van der Waals surface area contributed by atoms with Crippen molar-refractivity contribution < 1.29 is 4.79 Å². The maximum absolute atomic E-state index is 8.81. The normalized spacial score (nSPS) is 17.4. The molecule has 0 bridgehead atoms. The topological polar surface area (TPSA) is 17.1 Å². The minimum absolute atomic E-state index is 0.750. The first kappa shape index (κ1) is 9.02. The van der Waals surface area contributed by atoms with Gasteiger partial charge in [-0.1, -0.05) is 6.42 Å². The molecule has 0 atom stereocenters. The Hall–Kier alpha value is 0.0200. The van der Waals surface area contributed by atoms with E-state index >= 15 is 0 Å². The van der Waals surface area contributed by atoms with Crippen LogP contribution in [0, 0.1) is 0 Å². The van der Waals surface area contributed by atoms with E-state index in [2.05, 4.69) is 11.8 Å². The van der Waals surface area contributed by atoms with Gasteiger partial charge in [0.15, 0.2) is 0 Å². The molecule has 0 amide bonds. The van der Waals surface area contributed by atoms with Crippen molar-refractivity contribution in [3.8, 4) is 0 Å². The molecular formula is C7H14OS. The second-order valence-electron chi connectivity index (χ2n) is 1.91. The zero-order valence-corrected chi connectivity index (χ0v) is 6.75. The zero-order chi connectivity index (χ0) is 6.95. The first-order valence-electron chi connectivity index (χ1n) is 3.39. The smallest absolute Gasteiger partial charge is 0.116 e. The van der Waals surface area contributed by atoms with Crippen molar-refractivity contribution in [3.05, 3.63) is 0 Å². The van der Waals surface area contributed by atoms with Gasteiger partial charge in [0.1, 0.15) is 6.29 Å². The SMILES string of the molecule is C1CCSCC1.CC=O. The van der Waals surface area contributed by atoms with Gasteiger partial charge in [0.25, 0.3) is 0 Å². The predicted octanol–water partition coefficient (Wildman–Crippen LogP) is 2.11. The average Bonchev–Trinajstić information content (AvgIpc) is 1.93. The summed E-state index contributed by atoms with van der Waals surface area (Å²) in [5.74, 6) is 2.83. The van der Waals surface area contributed by atoms with E-state index in [4.69, 9.17) is 4.79 Å². The Kier molecular flexibility index (Phi) is 8.04. The Bertz CT molecular complexity index is 48.4. The van der Waals surface area contributed by atoms with Crippen molar-refractivity contribution in [1.29, 1.82) is 0 Å². The van der Waals surface area contributed by atoms with Gasteiger partial charge in [0.2, 0.25) is 0 Å². The third-order valence-corrected chi connectivity index (χ3v) is 2.23. The number of carbonyl (C=O) groups is 1. The average molecular weight is 146 g/mol. The molecule has 0 aromatic heterocycles. The maximum atomic E-state index is 8.81. The van der Waals surface area contributed by atoms with Gasteiger partial charge in [-0.25, -0.2) is 0 Å². The van der Waals surface area contributed by atoms with E-state index in [-0.39, 0.29) is 0 Å². The molecule has 0 saturated carbocycles. The predicted molar refractivity (Wildman–Crippen MR) is 42.9 cm³/mol. The molecule has 0 aromatic rings. The summed E-state index contributed by atoms with van der Waals surface area (Å²) in [6.45, 7) is 1.44. The molecule has 0 unspecified atom stereocenters. The van der Waals surface area contributed by atoms with Crippen molar-refractivity contribution >= 4 is 18.0 Å². The highest BCUT2D eigenvalue weighted by Gasteiger charge is 1.95. The van der Waals surface area contributed by atoms with Crippen LogP contribution in [-0.4, -0.2) is 17.8 Å². The van der Waals surface area contributed by atoms with E-state index in [0.717, 1.165) is 6.29 Å². The highest BCUT2D eigenvalue weighted by atomic mass is 32.2. The fourth-order valence-electron chi connectivity index (χ4n) is 0.687. The number of hydrogen-bond donors (Lipinski definition) is 0. The minimum atomic E-state index is 0.750. The molecular weight excluding hydrogens is 132 g/mol. The molecule has 0 radical (unpaired) electrons. The van der Waals surface area contributed by atoms with Crippen molar-refractivity contribution in [3.63, 3.8) is 0 Å². The number of thioether (sulfide) groups is 1. The van der Waals surface area contributed by atoms with Crippen LogP contribution in [0.3, 0.4) is 0 Å². The van der Waals surface area contributed by atoms with Gasteiger partial charge >= 0.3 is 0 Å². The number of hydrogen-bond acceptors (Lipinski definition) is 2. The summed E-state index contributed by atoms with van der Waals surface area (Å²) in [5.41, 5.74) is 0. The van der Waals surface area contributed by atoms with Gasteiger partial charge in [0, 0.05) is 0 Å². The van der Waals surface area contributed by atoms with Crippen LogP contribution in [0.15, 0.2) is 0 Å². The number of rotatable bonds is 0. The number of aldehydes is 1.